The number of carbonyl (C=O) groups excluding carboxylic acids is 1. The molecule has 0 aliphatic carbocycles. The number of nitro groups is 1. The van der Waals surface area contributed by atoms with Gasteiger partial charge in [-0.3, -0.25) is 14.9 Å². The molecule has 1 saturated heterocycles. The highest BCUT2D eigenvalue weighted by Gasteiger charge is 2.26. The van der Waals surface area contributed by atoms with E-state index >= 15 is 0 Å². The Hall–Kier alpha value is -2.93. The Morgan fingerprint density at radius 1 is 1.30 bits per heavy atom. The normalized spacial score (nSPS) is 15.9. The molecular weight excluding hydrogens is 346 g/mol. The smallest absolute Gasteiger partial charge is 0.269 e. The molecule has 0 spiro atoms. The van der Waals surface area contributed by atoms with E-state index in [2.05, 4.69) is 11.9 Å². The average molecular weight is 369 g/mol. The van der Waals surface area contributed by atoms with Crippen LogP contribution in [0.1, 0.15) is 24.2 Å². The summed E-state index contributed by atoms with van der Waals surface area (Å²) in [5.41, 5.74) is 0.777. The van der Waals surface area contributed by atoms with E-state index in [0.717, 1.165) is 37.3 Å². The summed E-state index contributed by atoms with van der Waals surface area (Å²) in [5.74, 6) is 0.672. The van der Waals surface area contributed by atoms with Crippen LogP contribution in [0, 0.1) is 10.1 Å². The zero-order chi connectivity index (χ0) is 19.2. The minimum Gasteiger partial charge on any atom is -0.467 e. The first kappa shape index (κ1) is 18.8. The van der Waals surface area contributed by atoms with Crippen molar-refractivity contribution in [1.29, 1.82) is 0 Å². The van der Waals surface area contributed by atoms with Gasteiger partial charge in [-0.05, 0) is 68.9 Å². The summed E-state index contributed by atoms with van der Waals surface area (Å²) in [7, 11) is 2.09. The second-order valence-corrected chi connectivity index (χ2v) is 6.76. The quantitative estimate of drug-likeness (QED) is 0.443. The highest BCUT2D eigenvalue weighted by Crippen LogP contribution is 2.20. The zero-order valence-corrected chi connectivity index (χ0v) is 15.3. The highest BCUT2D eigenvalue weighted by atomic mass is 16.6. The maximum atomic E-state index is 12.9. The van der Waals surface area contributed by atoms with E-state index in [-0.39, 0.29) is 17.6 Å². The van der Waals surface area contributed by atoms with Crippen molar-refractivity contribution in [1.82, 2.24) is 9.80 Å². The molecule has 1 fully saturated rings. The van der Waals surface area contributed by atoms with Gasteiger partial charge in [0.2, 0.25) is 5.91 Å². The lowest BCUT2D eigenvalue weighted by Gasteiger charge is -2.36. The minimum atomic E-state index is -0.441. The third-order valence-electron chi connectivity index (χ3n) is 4.84. The van der Waals surface area contributed by atoms with Crippen LogP contribution in [0.4, 0.5) is 5.69 Å². The van der Waals surface area contributed by atoms with Gasteiger partial charge >= 0.3 is 0 Å². The van der Waals surface area contributed by atoms with Crippen LogP contribution in [-0.4, -0.2) is 46.8 Å². The summed E-state index contributed by atoms with van der Waals surface area (Å²) in [6.07, 6.45) is 6.68. The van der Waals surface area contributed by atoms with Gasteiger partial charge in [0.15, 0.2) is 0 Å². The summed E-state index contributed by atoms with van der Waals surface area (Å²) < 4.78 is 5.43. The van der Waals surface area contributed by atoms with Crippen molar-refractivity contribution in [2.45, 2.75) is 25.4 Å². The lowest BCUT2D eigenvalue weighted by atomic mass is 10.0. The van der Waals surface area contributed by atoms with Gasteiger partial charge in [0, 0.05) is 24.3 Å². The maximum absolute atomic E-state index is 12.9. The van der Waals surface area contributed by atoms with Crippen LogP contribution in [0.15, 0.2) is 53.2 Å². The molecule has 27 heavy (non-hydrogen) atoms. The van der Waals surface area contributed by atoms with Crippen molar-refractivity contribution in [2.75, 3.05) is 20.1 Å². The van der Waals surface area contributed by atoms with Crippen molar-refractivity contribution in [3.63, 3.8) is 0 Å². The van der Waals surface area contributed by atoms with Crippen molar-refractivity contribution in [2.24, 2.45) is 0 Å². The van der Waals surface area contributed by atoms with E-state index in [1.807, 2.05) is 17.0 Å². The average Bonchev–Trinajstić information content (AvgIpc) is 3.18. The van der Waals surface area contributed by atoms with E-state index in [9.17, 15) is 14.9 Å². The van der Waals surface area contributed by atoms with Crippen molar-refractivity contribution in [3.05, 3.63) is 70.2 Å². The largest absolute Gasteiger partial charge is 0.467 e. The van der Waals surface area contributed by atoms with Gasteiger partial charge in [0.05, 0.1) is 17.7 Å². The van der Waals surface area contributed by atoms with E-state index in [0.29, 0.717) is 6.54 Å². The number of nitrogens with zero attached hydrogens (tertiary/aromatic N) is 3. The second-order valence-electron chi connectivity index (χ2n) is 6.76. The number of nitro benzene ring substituents is 1. The van der Waals surface area contributed by atoms with Crippen LogP contribution < -0.4 is 0 Å². The maximum Gasteiger partial charge on any atom is 0.269 e. The molecular formula is C20H23N3O4. The predicted molar refractivity (Wildman–Crippen MR) is 102 cm³/mol. The molecule has 142 valence electrons. The molecule has 0 unspecified atom stereocenters. The number of rotatable bonds is 6. The minimum absolute atomic E-state index is 0.0317. The number of benzene rings is 1. The molecule has 0 atom stereocenters. The Kier molecular flexibility index (Phi) is 6.03. The molecule has 0 N–H and O–H groups in total. The molecule has 1 amide bonds. The molecule has 1 aliphatic heterocycles. The molecule has 0 saturated carbocycles. The van der Waals surface area contributed by atoms with Gasteiger partial charge in [0.25, 0.3) is 5.69 Å². The zero-order valence-electron chi connectivity index (χ0n) is 15.3. The van der Waals surface area contributed by atoms with Crippen LogP contribution >= 0.6 is 0 Å². The van der Waals surface area contributed by atoms with E-state index in [1.54, 1.807) is 24.5 Å². The Labute approximate surface area is 158 Å². The van der Waals surface area contributed by atoms with Gasteiger partial charge in [-0.25, -0.2) is 0 Å². The van der Waals surface area contributed by atoms with Gasteiger partial charge in [-0.15, -0.1) is 0 Å². The molecule has 0 radical (unpaired) electrons. The molecule has 3 rings (SSSR count). The Balaban J connectivity index is 1.72. The van der Waals surface area contributed by atoms with Gasteiger partial charge < -0.3 is 14.2 Å². The van der Waals surface area contributed by atoms with E-state index in [1.165, 1.54) is 18.2 Å². The fraction of sp³-hybridized carbons (Fsp3) is 0.350. The molecule has 7 nitrogen and oxygen atoms in total. The number of hydrogen-bond acceptors (Lipinski definition) is 5. The molecule has 7 heteroatoms. The fourth-order valence-corrected chi connectivity index (χ4v) is 3.23. The van der Waals surface area contributed by atoms with Crippen molar-refractivity contribution in [3.8, 4) is 0 Å². The molecule has 1 aromatic carbocycles. The van der Waals surface area contributed by atoms with E-state index in [4.69, 9.17) is 4.42 Å². The lowest BCUT2D eigenvalue weighted by molar-refractivity contribution is -0.384. The molecule has 1 aromatic heterocycles. The van der Waals surface area contributed by atoms with Crippen LogP contribution in [0.3, 0.4) is 0 Å². The van der Waals surface area contributed by atoms with Crippen LogP contribution in [0.5, 0.6) is 0 Å². The second kappa shape index (κ2) is 8.64. The number of amides is 1. The highest BCUT2D eigenvalue weighted by molar-refractivity contribution is 5.92. The van der Waals surface area contributed by atoms with Crippen LogP contribution in [-0.2, 0) is 11.3 Å². The third-order valence-corrected chi connectivity index (χ3v) is 4.84. The molecule has 0 bridgehead atoms. The summed E-state index contributed by atoms with van der Waals surface area (Å²) >= 11 is 0. The number of furan rings is 1. The fourth-order valence-electron chi connectivity index (χ4n) is 3.23. The number of carbonyl (C=O) groups is 1. The Morgan fingerprint density at radius 3 is 2.59 bits per heavy atom. The predicted octanol–water partition coefficient (Wildman–Crippen LogP) is 3.32. The van der Waals surface area contributed by atoms with Crippen molar-refractivity contribution < 1.29 is 14.1 Å². The SMILES string of the molecule is CN1CCC(N(Cc2ccco2)C(=O)/C=C/c2ccc([N+](=O)[O-])cc2)CC1. The van der Waals surface area contributed by atoms with Crippen molar-refractivity contribution >= 4 is 17.7 Å². The number of hydrogen-bond donors (Lipinski definition) is 0. The molecule has 1 aliphatic rings. The van der Waals surface area contributed by atoms with Crippen LogP contribution in [0.2, 0.25) is 0 Å². The van der Waals surface area contributed by atoms with Gasteiger partial charge in [0.1, 0.15) is 5.76 Å². The topological polar surface area (TPSA) is 79.8 Å². The van der Waals surface area contributed by atoms with Gasteiger partial charge in [-0.2, -0.15) is 0 Å². The number of piperidine rings is 1. The summed E-state index contributed by atoms with van der Waals surface area (Å²) in [6, 6.07) is 9.99. The summed E-state index contributed by atoms with van der Waals surface area (Å²) in [4.78, 5) is 27.3. The number of likely N-dealkylation sites (tertiary alicyclic amines) is 1. The summed E-state index contributed by atoms with van der Waals surface area (Å²) in [6.45, 7) is 2.35. The first-order valence-corrected chi connectivity index (χ1v) is 8.97. The number of non-ortho nitro benzene ring substituents is 1. The monoisotopic (exact) mass is 369 g/mol. The standard InChI is InChI=1S/C20H23N3O4/c1-21-12-10-17(11-13-21)22(15-19-3-2-14-27-19)20(24)9-6-16-4-7-18(8-5-16)23(25)26/h2-9,14,17H,10-13,15H2,1H3/b9-6+. The first-order chi connectivity index (χ1) is 13.0. The van der Waals surface area contributed by atoms with E-state index < -0.39 is 4.92 Å². The third kappa shape index (κ3) is 5.04. The molecule has 2 aromatic rings. The van der Waals surface area contributed by atoms with Crippen LogP contribution in [0.25, 0.3) is 6.08 Å². The first-order valence-electron chi connectivity index (χ1n) is 8.97. The molecule has 2 heterocycles. The Bertz CT molecular complexity index is 791. The summed E-state index contributed by atoms with van der Waals surface area (Å²) in [5, 5.41) is 10.7. The Morgan fingerprint density at radius 2 is 2.00 bits per heavy atom. The van der Waals surface area contributed by atoms with Gasteiger partial charge in [-0.1, -0.05) is 0 Å². The lowest BCUT2D eigenvalue weighted by Crippen LogP contribution is -2.45.